The molecule has 3 aromatic rings. The van der Waals surface area contributed by atoms with Gasteiger partial charge in [0.05, 0.1) is 28.7 Å². The van der Waals surface area contributed by atoms with Gasteiger partial charge in [-0.05, 0) is 30.3 Å². The summed E-state index contributed by atoms with van der Waals surface area (Å²) in [6, 6.07) is 12.9. The molecule has 0 spiro atoms. The van der Waals surface area contributed by atoms with Crippen LogP contribution in [0.15, 0.2) is 54.9 Å². The Morgan fingerprint density at radius 3 is 2.65 bits per heavy atom. The largest absolute Gasteiger partial charge is 0.338 e. The van der Waals surface area contributed by atoms with Crippen LogP contribution in [0.1, 0.15) is 16.1 Å². The second-order valence-electron chi connectivity index (χ2n) is 5.15. The van der Waals surface area contributed by atoms with E-state index < -0.39 is 11.7 Å². The molecule has 0 saturated heterocycles. The lowest BCUT2D eigenvalue weighted by molar-refractivity contribution is 0.102. The van der Waals surface area contributed by atoms with Gasteiger partial charge in [0, 0.05) is 5.69 Å². The van der Waals surface area contributed by atoms with Crippen molar-refractivity contribution in [3.63, 3.8) is 0 Å². The Labute approximate surface area is 153 Å². The van der Waals surface area contributed by atoms with Crippen LogP contribution in [0.5, 0.6) is 0 Å². The van der Waals surface area contributed by atoms with Crippen molar-refractivity contribution in [2.75, 3.05) is 10.6 Å². The summed E-state index contributed by atoms with van der Waals surface area (Å²) in [6.07, 6.45) is 2.67. The van der Waals surface area contributed by atoms with Gasteiger partial charge in [0.1, 0.15) is 23.4 Å². The number of halogens is 2. The number of amides is 1. The van der Waals surface area contributed by atoms with Crippen molar-refractivity contribution in [2.45, 2.75) is 0 Å². The SMILES string of the molecule is N#Cc1ccccc1Nc1cnc(C(=O)Nc2ccc(F)c(Cl)c2)cn1. The summed E-state index contributed by atoms with van der Waals surface area (Å²) in [5.41, 5.74) is 1.46. The minimum Gasteiger partial charge on any atom is -0.338 e. The molecule has 2 aromatic carbocycles. The molecule has 0 saturated carbocycles. The van der Waals surface area contributed by atoms with Gasteiger partial charge in [-0.15, -0.1) is 0 Å². The predicted octanol–water partition coefficient (Wildman–Crippen LogP) is 4.14. The Balaban J connectivity index is 1.71. The number of nitrogens with one attached hydrogen (secondary N) is 2. The number of carbonyl (C=O) groups excluding carboxylic acids is 1. The smallest absolute Gasteiger partial charge is 0.275 e. The predicted molar refractivity (Wildman–Crippen MR) is 95.8 cm³/mol. The summed E-state index contributed by atoms with van der Waals surface area (Å²) in [6.45, 7) is 0. The number of nitriles is 1. The Bertz CT molecular complexity index is 1000. The zero-order valence-electron chi connectivity index (χ0n) is 13.2. The highest BCUT2D eigenvalue weighted by Crippen LogP contribution is 2.20. The average Bonchev–Trinajstić information content (AvgIpc) is 2.66. The molecule has 1 aromatic heterocycles. The molecule has 8 heteroatoms. The molecular weight excluding hydrogens is 357 g/mol. The van der Waals surface area contributed by atoms with Crippen LogP contribution in [0.25, 0.3) is 0 Å². The minimum atomic E-state index is -0.572. The molecule has 0 atom stereocenters. The fourth-order valence-corrected chi connectivity index (χ4v) is 2.29. The Morgan fingerprint density at radius 2 is 1.96 bits per heavy atom. The molecule has 0 aliphatic heterocycles. The lowest BCUT2D eigenvalue weighted by Crippen LogP contribution is -2.14. The lowest BCUT2D eigenvalue weighted by Gasteiger charge is -2.08. The number of hydrogen-bond acceptors (Lipinski definition) is 5. The lowest BCUT2D eigenvalue weighted by atomic mass is 10.2. The number of anilines is 3. The summed E-state index contributed by atoms with van der Waals surface area (Å²) in [7, 11) is 0. The summed E-state index contributed by atoms with van der Waals surface area (Å²) < 4.78 is 13.1. The normalized spacial score (nSPS) is 10.0. The first-order valence-electron chi connectivity index (χ1n) is 7.41. The van der Waals surface area contributed by atoms with E-state index in [-0.39, 0.29) is 10.7 Å². The molecule has 1 heterocycles. The summed E-state index contributed by atoms with van der Waals surface area (Å²) >= 11 is 5.68. The van der Waals surface area contributed by atoms with Gasteiger partial charge in [0.15, 0.2) is 0 Å². The van der Waals surface area contributed by atoms with Crippen LogP contribution in [-0.2, 0) is 0 Å². The summed E-state index contributed by atoms with van der Waals surface area (Å²) in [5.74, 6) is -0.698. The fraction of sp³-hybridized carbons (Fsp3) is 0. The molecule has 2 N–H and O–H groups in total. The monoisotopic (exact) mass is 367 g/mol. The van der Waals surface area contributed by atoms with Gasteiger partial charge in [-0.3, -0.25) is 4.79 Å². The first-order valence-corrected chi connectivity index (χ1v) is 7.79. The van der Waals surface area contributed by atoms with E-state index in [0.29, 0.717) is 22.8 Å². The number of aromatic nitrogens is 2. The van der Waals surface area contributed by atoms with E-state index in [9.17, 15) is 9.18 Å². The molecule has 0 radical (unpaired) electrons. The van der Waals surface area contributed by atoms with Crippen molar-refractivity contribution in [1.29, 1.82) is 5.26 Å². The number of carbonyl (C=O) groups is 1. The van der Waals surface area contributed by atoms with Crippen LogP contribution >= 0.6 is 11.6 Å². The Hall–Kier alpha value is -3.50. The topological polar surface area (TPSA) is 90.7 Å². The van der Waals surface area contributed by atoms with Crippen molar-refractivity contribution in [1.82, 2.24) is 9.97 Å². The molecule has 0 aliphatic carbocycles. The van der Waals surface area contributed by atoms with Crippen LogP contribution in [0.3, 0.4) is 0 Å². The van der Waals surface area contributed by atoms with Crippen LogP contribution in [-0.4, -0.2) is 15.9 Å². The first kappa shape index (κ1) is 17.3. The van der Waals surface area contributed by atoms with E-state index in [1.807, 2.05) is 0 Å². The maximum absolute atomic E-state index is 13.1. The second-order valence-corrected chi connectivity index (χ2v) is 5.56. The van der Waals surface area contributed by atoms with Crippen molar-refractivity contribution < 1.29 is 9.18 Å². The van der Waals surface area contributed by atoms with Gasteiger partial charge in [0.25, 0.3) is 5.91 Å². The number of nitrogens with zero attached hydrogens (tertiary/aromatic N) is 3. The first-order chi connectivity index (χ1) is 12.6. The van der Waals surface area contributed by atoms with Gasteiger partial charge in [0.2, 0.25) is 0 Å². The Morgan fingerprint density at radius 1 is 1.15 bits per heavy atom. The molecule has 0 bridgehead atoms. The van der Waals surface area contributed by atoms with E-state index in [1.165, 1.54) is 24.5 Å². The number of hydrogen-bond donors (Lipinski definition) is 2. The maximum Gasteiger partial charge on any atom is 0.275 e. The second kappa shape index (κ2) is 7.59. The molecular formula is C18H11ClFN5O. The van der Waals surface area contributed by atoms with Gasteiger partial charge in [-0.25, -0.2) is 14.4 Å². The quantitative estimate of drug-likeness (QED) is 0.723. The van der Waals surface area contributed by atoms with E-state index in [0.717, 1.165) is 6.07 Å². The van der Waals surface area contributed by atoms with Crippen LogP contribution < -0.4 is 10.6 Å². The van der Waals surface area contributed by atoms with Crippen LogP contribution in [0.4, 0.5) is 21.6 Å². The molecule has 1 amide bonds. The molecule has 26 heavy (non-hydrogen) atoms. The number of rotatable bonds is 4. The van der Waals surface area contributed by atoms with Gasteiger partial charge in [-0.1, -0.05) is 23.7 Å². The highest BCUT2D eigenvalue weighted by molar-refractivity contribution is 6.31. The highest BCUT2D eigenvalue weighted by Gasteiger charge is 2.10. The maximum atomic E-state index is 13.1. The summed E-state index contributed by atoms with van der Waals surface area (Å²) in [4.78, 5) is 20.3. The van der Waals surface area contributed by atoms with Gasteiger partial charge >= 0.3 is 0 Å². The molecule has 6 nitrogen and oxygen atoms in total. The van der Waals surface area contributed by atoms with E-state index in [2.05, 4.69) is 26.7 Å². The Kier molecular flexibility index (Phi) is 5.06. The van der Waals surface area contributed by atoms with Crippen molar-refractivity contribution in [3.8, 4) is 6.07 Å². The van der Waals surface area contributed by atoms with Crippen molar-refractivity contribution >= 4 is 34.7 Å². The summed E-state index contributed by atoms with van der Waals surface area (Å²) in [5, 5.41) is 14.5. The third-order valence-corrected chi connectivity index (χ3v) is 3.66. The van der Waals surface area contributed by atoms with E-state index >= 15 is 0 Å². The highest BCUT2D eigenvalue weighted by atomic mass is 35.5. The minimum absolute atomic E-state index is 0.0737. The van der Waals surface area contributed by atoms with Crippen molar-refractivity contribution in [2.24, 2.45) is 0 Å². The standard InChI is InChI=1S/C18H11ClFN5O/c19-13-7-12(5-6-14(13)20)24-18(26)16-9-23-17(10-22-16)25-15-4-2-1-3-11(15)8-21/h1-7,9-10H,(H,23,25)(H,24,26). The van der Waals surface area contributed by atoms with Crippen LogP contribution in [0, 0.1) is 17.1 Å². The average molecular weight is 368 g/mol. The molecule has 0 aliphatic rings. The molecule has 0 unspecified atom stereocenters. The molecule has 128 valence electrons. The van der Waals surface area contributed by atoms with Crippen molar-refractivity contribution in [3.05, 3.63) is 77.0 Å². The van der Waals surface area contributed by atoms with Crippen LogP contribution in [0.2, 0.25) is 5.02 Å². The fourth-order valence-electron chi connectivity index (χ4n) is 2.11. The van der Waals surface area contributed by atoms with Gasteiger partial charge < -0.3 is 10.6 Å². The zero-order valence-corrected chi connectivity index (χ0v) is 14.0. The van der Waals surface area contributed by atoms with E-state index in [4.69, 9.17) is 16.9 Å². The number of para-hydroxylation sites is 1. The van der Waals surface area contributed by atoms with E-state index in [1.54, 1.807) is 24.3 Å². The van der Waals surface area contributed by atoms with Gasteiger partial charge in [-0.2, -0.15) is 5.26 Å². The molecule has 0 fully saturated rings. The molecule has 3 rings (SSSR count). The number of benzene rings is 2. The zero-order chi connectivity index (χ0) is 18.5. The third-order valence-electron chi connectivity index (χ3n) is 3.37. The third kappa shape index (κ3) is 3.94.